The molecule has 1 unspecified atom stereocenters. The number of hydrogen-bond donors (Lipinski definition) is 1. The van der Waals surface area contributed by atoms with E-state index in [0.717, 1.165) is 43.4 Å². The number of methoxy groups -OCH3 is 1. The van der Waals surface area contributed by atoms with E-state index in [0.29, 0.717) is 23.7 Å². The molecule has 6 nitrogen and oxygen atoms in total. The first-order chi connectivity index (χ1) is 21.4. The highest BCUT2D eigenvalue weighted by Gasteiger charge is 2.29. The molecule has 0 fully saturated rings. The van der Waals surface area contributed by atoms with Gasteiger partial charge in [0.1, 0.15) is 5.75 Å². The van der Waals surface area contributed by atoms with Crippen LogP contribution in [-0.4, -0.2) is 42.5 Å². The molecular weight excluding hydrogens is 552 g/mol. The van der Waals surface area contributed by atoms with Crippen LogP contribution in [-0.2, 0) is 9.53 Å². The maximum absolute atomic E-state index is 12.7. The molecule has 0 spiro atoms. The second-order valence-corrected chi connectivity index (χ2v) is 10.7. The van der Waals surface area contributed by atoms with Gasteiger partial charge in [0.25, 0.3) is 0 Å². The number of benzene rings is 3. The van der Waals surface area contributed by atoms with Crippen LogP contribution in [0.5, 0.6) is 5.75 Å². The highest BCUT2D eigenvalue weighted by Crippen LogP contribution is 2.32. The molecule has 0 saturated heterocycles. The predicted molar refractivity (Wildman–Crippen MR) is 178 cm³/mol. The van der Waals surface area contributed by atoms with Crippen molar-refractivity contribution in [3.63, 3.8) is 0 Å². The van der Waals surface area contributed by atoms with Gasteiger partial charge in [-0.2, -0.15) is 0 Å². The summed E-state index contributed by atoms with van der Waals surface area (Å²) in [4.78, 5) is 36.1. The monoisotopic (exact) mass is 600 g/mol. The molecule has 6 heteroatoms. The fourth-order valence-corrected chi connectivity index (χ4v) is 4.90. The molecule has 236 valence electrons. The van der Waals surface area contributed by atoms with Crippen molar-refractivity contribution in [1.29, 1.82) is 0 Å². The quantitative estimate of drug-likeness (QED) is 0.0677. The zero-order chi connectivity index (χ0) is 32.2. The van der Waals surface area contributed by atoms with Crippen LogP contribution in [0.15, 0.2) is 84.9 Å². The SMILES string of the molecule is CCCCCC(CC)c1cc(OC)ccc1/C=C/C(=O)O.CCCCCOC(C(=O)c1ccccc1)C(=O)c1ccccc1. The minimum absolute atomic E-state index is 0.282. The summed E-state index contributed by atoms with van der Waals surface area (Å²) in [6.45, 7) is 6.89. The summed E-state index contributed by atoms with van der Waals surface area (Å²) in [6, 6.07) is 23.5. The Bertz CT molecular complexity index is 1250. The molecule has 1 N–H and O–H groups in total. The third-order valence-electron chi connectivity index (χ3n) is 7.41. The highest BCUT2D eigenvalue weighted by atomic mass is 16.5. The molecule has 3 rings (SSSR count). The first-order valence-corrected chi connectivity index (χ1v) is 15.7. The molecule has 0 amide bonds. The Morgan fingerprint density at radius 2 is 1.34 bits per heavy atom. The van der Waals surface area contributed by atoms with E-state index in [9.17, 15) is 14.4 Å². The van der Waals surface area contributed by atoms with Crippen molar-refractivity contribution in [3.8, 4) is 5.75 Å². The minimum atomic E-state index is -1.07. The Morgan fingerprint density at radius 3 is 1.84 bits per heavy atom. The van der Waals surface area contributed by atoms with Crippen molar-refractivity contribution < 1.29 is 29.0 Å². The lowest BCUT2D eigenvalue weighted by atomic mass is 9.87. The molecule has 0 aliphatic heterocycles. The Morgan fingerprint density at radius 1 is 0.773 bits per heavy atom. The molecule has 0 aliphatic carbocycles. The van der Waals surface area contributed by atoms with Crippen molar-refractivity contribution in [2.75, 3.05) is 13.7 Å². The smallest absolute Gasteiger partial charge is 0.328 e. The predicted octanol–water partition coefficient (Wildman–Crippen LogP) is 9.19. The normalized spacial score (nSPS) is 11.6. The zero-order valence-corrected chi connectivity index (χ0v) is 26.7. The molecule has 0 aromatic heterocycles. The summed E-state index contributed by atoms with van der Waals surface area (Å²) in [7, 11) is 1.66. The van der Waals surface area contributed by atoms with Crippen molar-refractivity contribution in [1.82, 2.24) is 0 Å². The van der Waals surface area contributed by atoms with Gasteiger partial charge in [-0.25, -0.2) is 4.79 Å². The van der Waals surface area contributed by atoms with Crippen LogP contribution in [0, 0.1) is 0 Å². The molecule has 0 saturated carbocycles. The molecular formula is C38H48O6. The molecule has 0 radical (unpaired) electrons. The van der Waals surface area contributed by atoms with Gasteiger partial charge in [0.05, 0.1) is 7.11 Å². The van der Waals surface area contributed by atoms with E-state index in [1.54, 1.807) is 61.7 Å². The van der Waals surface area contributed by atoms with Gasteiger partial charge in [0.2, 0.25) is 0 Å². The first-order valence-electron chi connectivity index (χ1n) is 15.7. The molecule has 0 bridgehead atoms. The summed E-state index contributed by atoms with van der Waals surface area (Å²) < 4.78 is 11.0. The lowest BCUT2D eigenvalue weighted by molar-refractivity contribution is -0.131. The van der Waals surface area contributed by atoms with E-state index >= 15 is 0 Å². The molecule has 0 heterocycles. The summed E-state index contributed by atoms with van der Waals surface area (Å²) in [5.41, 5.74) is 3.15. The summed E-state index contributed by atoms with van der Waals surface area (Å²) in [5.74, 6) is -0.214. The van der Waals surface area contributed by atoms with Crippen LogP contribution in [0.3, 0.4) is 0 Å². The summed E-state index contributed by atoms with van der Waals surface area (Å²) in [5, 5.41) is 8.82. The molecule has 1 atom stereocenters. The van der Waals surface area contributed by atoms with E-state index in [2.05, 4.69) is 20.8 Å². The third-order valence-corrected chi connectivity index (χ3v) is 7.41. The number of carbonyl (C=O) groups is 3. The zero-order valence-electron chi connectivity index (χ0n) is 26.7. The van der Waals surface area contributed by atoms with Gasteiger partial charge < -0.3 is 14.6 Å². The fraction of sp³-hybridized carbons (Fsp3) is 0.395. The van der Waals surface area contributed by atoms with Crippen molar-refractivity contribution >= 4 is 23.6 Å². The highest BCUT2D eigenvalue weighted by molar-refractivity contribution is 6.18. The Balaban J connectivity index is 0.000000308. The number of hydrogen-bond acceptors (Lipinski definition) is 5. The van der Waals surface area contributed by atoms with E-state index in [1.807, 2.05) is 30.3 Å². The van der Waals surface area contributed by atoms with Crippen molar-refractivity contribution in [2.24, 2.45) is 0 Å². The van der Waals surface area contributed by atoms with Gasteiger partial charge in [-0.3, -0.25) is 9.59 Å². The van der Waals surface area contributed by atoms with Crippen LogP contribution in [0.1, 0.15) is 110 Å². The minimum Gasteiger partial charge on any atom is -0.497 e. The molecule has 3 aromatic rings. The standard InChI is InChI=1S/C20H22O3.C18H26O3/c1-2-3-10-15-23-20(18(21)16-11-6-4-7-12-16)19(22)17-13-8-5-9-14-17;1-4-6-7-8-14(5-2)17-13-16(21-3)11-9-15(17)10-12-18(19)20/h4-9,11-14,20H,2-3,10,15H2,1H3;9-14H,4-8H2,1-3H3,(H,19,20)/b;12-10+. The maximum Gasteiger partial charge on any atom is 0.328 e. The van der Waals surface area contributed by atoms with E-state index in [-0.39, 0.29) is 11.6 Å². The van der Waals surface area contributed by atoms with Crippen LogP contribution >= 0.6 is 0 Å². The van der Waals surface area contributed by atoms with Gasteiger partial charge in [-0.15, -0.1) is 0 Å². The van der Waals surface area contributed by atoms with Gasteiger partial charge in [0.15, 0.2) is 17.7 Å². The number of carboxylic acids is 1. The first kappa shape index (κ1) is 36.2. The molecule has 44 heavy (non-hydrogen) atoms. The number of unbranched alkanes of at least 4 members (excludes halogenated alkanes) is 4. The number of aliphatic carboxylic acids is 1. The Kier molecular flexibility index (Phi) is 17.1. The average Bonchev–Trinajstić information content (AvgIpc) is 3.06. The molecule has 3 aromatic carbocycles. The average molecular weight is 601 g/mol. The Labute approximate surface area is 263 Å². The largest absolute Gasteiger partial charge is 0.497 e. The van der Waals surface area contributed by atoms with E-state index in [1.165, 1.54) is 30.9 Å². The number of carbonyl (C=O) groups excluding carboxylic acids is 2. The second-order valence-electron chi connectivity index (χ2n) is 10.7. The number of carboxylic acid groups (broad SMARTS) is 1. The summed E-state index contributed by atoms with van der Waals surface area (Å²) in [6.07, 6.45) is 10.6. The van der Waals surface area contributed by atoms with Crippen LogP contribution in [0.2, 0.25) is 0 Å². The van der Waals surface area contributed by atoms with Gasteiger partial charge in [0, 0.05) is 23.8 Å². The third kappa shape index (κ3) is 12.3. The van der Waals surface area contributed by atoms with Crippen molar-refractivity contribution in [3.05, 3.63) is 107 Å². The van der Waals surface area contributed by atoms with Crippen LogP contribution in [0.4, 0.5) is 0 Å². The van der Waals surface area contributed by atoms with Crippen LogP contribution < -0.4 is 4.74 Å². The molecule has 0 aliphatic rings. The van der Waals surface area contributed by atoms with Gasteiger partial charge >= 0.3 is 5.97 Å². The topological polar surface area (TPSA) is 89.9 Å². The fourth-order valence-electron chi connectivity index (χ4n) is 4.90. The van der Waals surface area contributed by atoms with Crippen molar-refractivity contribution in [2.45, 2.75) is 84.2 Å². The second kappa shape index (κ2) is 20.8. The number of ether oxygens (including phenoxy) is 2. The maximum atomic E-state index is 12.7. The van der Waals surface area contributed by atoms with E-state index in [4.69, 9.17) is 14.6 Å². The summed E-state index contributed by atoms with van der Waals surface area (Å²) >= 11 is 0. The number of rotatable bonds is 18. The lowest BCUT2D eigenvalue weighted by Gasteiger charge is -2.19. The number of Topliss-reactive ketones (excluding diaryl/α,β-unsaturated/α-hetero) is 2. The number of ketones is 2. The van der Waals surface area contributed by atoms with E-state index < -0.39 is 12.1 Å². The Hall–Kier alpha value is -4.03. The lowest BCUT2D eigenvalue weighted by Crippen LogP contribution is -2.33. The van der Waals surface area contributed by atoms with Gasteiger partial charge in [-0.1, -0.05) is 120 Å². The van der Waals surface area contributed by atoms with Gasteiger partial charge in [-0.05, 0) is 54.5 Å². The van der Waals surface area contributed by atoms with Crippen LogP contribution in [0.25, 0.3) is 6.08 Å².